The zero-order valence-corrected chi connectivity index (χ0v) is 22.6. The smallest absolute Gasteiger partial charge is 0.187 e. The fourth-order valence-corrected chi connectivity index (χ4v) is 2.01. The van der Waals surface area contributed by atoms with Crippen molar-refractivity contribution >= 4 is 51.1 Å². The summed E-state index contributed by atoms with van der Waals surface area (Å²) in [4.78, 5) is 12.9. The van der Waals surface area contributed by atoms with Gasteiger partial charge in [0.1, 0.15) is 0 Å². The van der Waals surface area contributed by atoms with Crippen LogP contribution in [0.15, 0.2) is 121 Å². The van der Waals surface area contributed by atoms with Gasteiger partial charge in [-0.1, -0.05) is 121 Å². The van der Waals surface area contributed by atoms with E-state index in [9.17, 15) is 0 Å². The van der Waals surface area contributed by atoms with Gasteiger partial charge in [-0.05, 0) is 0 Å². The Hall–Kier alpha value is -3.69. The number of hydrogen-bond donors (Lipinski definition) is 0. The molecule has 0 atom stereocenters. The first-order valence-electron chi connectivity index (χ1n) is 9.68. The predicted molar refractivity (Wildman–Crippen MR) is 149 cm³/mol. The summed E-state index contributed by atoms with van der Waals surface area (Å²) in [6.45, 7) is 26.3. The molecule has 4 aromatic rings. The Morgan fingerprint density at radius 3 is 0.600 bits per heavy atom. The SMILES string of the molecule is [Br][Co][Br].[C-]#[N+]c1ccccc1.[C-]#[N+]c1ccccc1.[C-]#[N+]c1ccccc1.[C-]#[N+]c1ccccc1. The Balaban J connectivity index is 0.000000424. The molecule has 0 aliphatic carbocycles. The number of rotatable bonds is 0. The van der Waals surface area contributed by atoms with Crippen LogP contribution in [-0.2, 0) is 11.1 Å². The number of halogens is 2. The van der Waals surface area contributed by atoms with Gasteiger partial charge in [0.25, 0.3) is 0 Å². The van der Waals surface area contributed by atoms with Gasteiger partial charge in [0, 0.05) is 0 Å². The molecule has 7 heteroatoms. The van der Waals surface area contributed by atoms with E-state index in [0.717, 1.165) is 11.1 Å². The van der Waals surface area contributed by atoms with Crippen LogP contribution in [0.4, 0.5) is 22.7 Å². The van der Waals surface area contributed by atoms with E-state index in [-0.39, 0.29) is 0 Å². The van der Waals surface area contributed by atoms with Crippen molar-refractivity contribution in [3.63, 3.8) is 0 Å². The first kappa shape index (κ1) is 31.3. The molecular weight excluding hydrogens is 611 g/mol. The summed E-state index contributed by atoms with van der Waals surface area (Å²) in [5.74, 6) is 0. The molecule has 4 aromatic carbocycles. The second-order valence-corrected chi connectivity index (χ2v) is 11.1. The molecule has 35 heavy (non-hydrogen) atoms. The third-order valence-electron chi connectivity index (χ3n) is 3.54. The van der Waals surface area contributed by atoms with Crippen molar-refractivity contribution in [1.29, 1.82) is 0 Å². The number of hydrogen-bond acceptors (Lipinski definition) is 0. The number of benzene rings is 4. The largest absolute Gasteiger partial charge is 0.238 e. The van der Waals surface area contributed by atoms with Gasteiger partial charge in [-0.25, -0.2) is 19.4 Å². The maximum Gasteiger partial charge on any atom is 0.187 e. The molecular formula is C28H20Br2CoN4. The monoisotopic (exact) mass is 629 g/mol. The van der Waals surface area contributed by atoms with Crippen molar-refractivity contribution in [2.45, 2.75) is 0 Å². The van der Waals surface area contributed by atoms with Crippen molar-refractivity contribution in [2.24, 2.45) is 0 Å². The first-order chi connectivity index (χ1) is 17.1. The molecule has 0 unspecified atom stereocenters. The molecule has 0 N–H and O–H groups in total. The maximum atomic E-state index is 6.57. The zero-order chi connectivity index (χ0) is 26.0. The van der Waals surface area contributed by atoms with E-state index in [1.54, 1.807) is 48.5 Å². The van der Waals surface area contributed by atoms with Gasteiger partial charge in [0.15, 0.2) is 22.7 Å². The van der Waals surface area contributed by atoms with Gasteiger partial charge in [0.05, 0.1) is 26.3 Å². The van der Waals surface area contributed by atoms with Crippen LogP contribution in [0.5, 0.6) is 0 Å². The van der Waals surface area contributed by atoms with E-state index in [1.165, 1.54) is 0 Å². The second kappa shape index (κ2) is 23.5. The minimum absolute atomic E-state index is 0.701. The molecule has 4 rings (SSSR count). The van der Waals surface area contributed by atoms with E-state index >= 15 is 0 Å². The molecule has 0 aromatic heterocycles. The minimum Gasteiger partial charge on any atom is -0.238 e. The van der Waals surface area contributed by atoms with Crippen LogP contribution in [0, 0.1) is 26.3 Å². The third kappa shape index (κ3) is 18.4. The van der Waals surface area contributed by atoms with Crippen molar-refractivity contribution in [1.82, 2.24) is 0 Å². The molecule has 175 valence electrons. The number of para-hydroxylation sites is 4. The molecule has 0 aliphatic heterocycles. The van der Waals surface area contributed by atoms with Crippen LogP contribution in [0.3, 0.4) is 0 Å². The molecule has 4 nitrogen and oxygen atoms in total. The summed E-state index contributed by atoms with van der Waals surface area (Å²) in [5, 5.41) is 0. The average Bonchev–Trinajstić information content (AvgIpc) is 2.96. The summed E-state index contributed by atoms with van der Waals surface area (Å²) in [6, 6.07) is 36.7. The van der Waals surface area contributed by atoms with E-state index in [2.05, 4.69) is 47.7 Å². The topological polar surface area (TPSA) is 17.4 Å². The maximum absolute atomic E-state index is 6.57. The van der Waals surface area contributed by atoms with Crippen LogP contribution in [0.2, 0.25) is 0 Å². The van der Waals surface area contributed by atoms with Crippen LogP contribution in [0.1, 0.15) is 0 Å². The minimum atomic E-state index is 0.701. The summed E-state index contributed by atoms with van der Waals surface area (Å²) in [5.41, 5.74) is 2.81. The summed E-state index contributed by atoms with van der Waals surface area (Å²) >= 11 is 7.12. The number of nitrogens with zero attached hydrogens (tertiary/aromatic N) is 4. The molecule has 0 saturated heterocycles. The predicted octanol–water partition coefficient (Wildman–Crippen LogP) is 10.6. The molecule has 0 fully saturated rings. The van der Waals surface area contributed by atoms with Gasteiger partial charge in [-0.2, -0.15) is 0 Å². The zero-order valence-electron chi connectivity index (χ0n) is 18.4. The first-order valence-corrected chi connectivity index (χ1v) is 14.8. The average molecular weight is 631 g/mol. The van der Waals surface area contributed by atoms with E-state index in [4.69, 9.17) is 26.3 Å². The van der Waals surface area contributed by atoms with Gasteiger partial charge >= 0.3 is 39.5 Å². The Bertz CT molecular complexity index is 1010. The van der Waals surface area contributed by atoms with Gasteiger partial charge < -0.3 is 0 Å². The molecule has 0 heterocycles. The Labute approximate surface area is 228 Å². The molecule has 0 amide bonds. The van der Waals surface area contributed by atoms with Gasteiger partial charge in [-0.3, -0.25) is 0 Å². The Kier molecular flexibility index (Phi) is 21.0. The van der Waals surface area contributed by atoms with Crippen molar-refractivity contribution in [3.05, 3.63) is 167 Å². The standard InChI is InChI=1S/4C7H5N.2BrH.Co/c4*1-8-7-5-3-2-4-6-7;;;/h4*2-6H;2*1H;/q;;;;;;+2/p-2. The third-order valence-corrected chi connectivity index (χ3v) is 3.54. The molecule has 0 bridgehead atoms. The second-order valence-electron chi connectivity index (χ2n) is 5.84. The normalized spacial score (nSPS) is 7.83. The molecule has 0 spiro atoms. The summed E-state index contributed by atoms with van der Waals surface area (Å²) < 4.78 is 0. The van der Waals surface area contributed by atoms with Gasteiger partial charge in [0.2, 0.25) is 0 Å². The van der Waals surface area contributed by atoms with Crippen molar-refractivity contribution < 1.29 is 11.1 Å². The van der Waals surface area contributed by atoms with Crippen LogP contribution in [0.25, 0.3) is 19.4 Å². The summed E-state index contributed by atoms with van der Waals surface area (Å²) in [6.07, 6.45) is 0. The van der Waals surface area contributed by atoms with E-state index in [0.29, 0.717) is 22.7 Å². The quantitative estimate of drug-likeness (QED) is 0.172. The molecule has 0 aliphatic rings. The van der Waals surface area contributed by atoms with Crippen LogP contribution >= 0.6 is 28.3 Å². The molecule has 0 radical (unpaired) electrons. The Morgan fingerprint density at radius 2 is 0.514 bits per heavy atom. The summed E-state index contributed by atoms with van der Waals surface area (Å²) in [7, 11) is 0. The molecule has 0 saturated carbocycles. The van der Waals surface area contributed by atoms with Crippen molar-refractivity contribution in [3.8, 4) is 0 Å². The fourth-order valence-electron chi connectivity index (χ4n) is 2.01. The van der Waals surface area contributed by atoms with Gasteiger partial charge in [-0.15, -0.1) is 0 Å². The fraction of sp³-hybridized carbons (Fsp3) is 0. The van der Waals surface area contributed by atoms with E-state index < -0.39 is 0 Å². The Morgan fingerprint density at radius 1 is 0.371 bits per heavy atom. The van der Waals surface area contributed by atoms with Crippen LogP contribution in [-0.4, -0.2) is 0 Å². The van der Waals surface area contributed by atoms with Crippen LogP contribution < -0.4 is 0 Å². The van der Waals surface area contributed by atoms with Crippen molar-refractivity contribution in [2.75, 3.05) is 0 Å². The van der Waals surface area contributed by atoms with E-state index in [1.807, 2.05) is 72.8 Å².